The molecule has 3 aliphatic rings. The van der Waals surface area contributed by atoms with Crippen molar-refractivity contribution in [3.8, 4) is 0 Å². The number of hydrogen-bond acceptors (Lipinski definition) is 3. The van der Waals surface area contributed by atoms with E-state index < -0.39 is 22.7 Å². The van der Waals surface area contributed by atoms with Crippen LogP contribution in [0.25, 0.3) is 21.9 Å². The van der Waals surface area contributed by atoms with Gasteiger partial charge in [0.15, 0.2) is 5.78 Å². The number of anilines is 1. The lowest BCUT2D eigenvalue weighted by atomic mass is 9.63. The second kappa shape index (κ2) is 7.36. The zero-order valence-electron chi connectivity index (χ0n) is 20.6. The van der Waals surface area contributed by atoms with Gasteiger partial charge in [0.05, 0.1) is 28.4 Å². The van der Waals surface area contributed by atoms with E-state index in [2.05, 4.69) is 0 Å². The number of imide groups is 1. The van der Waals surface area contributed by atoms with Crippen LogP contribution < -0.4 is 4.90 Å². The highest BCUT2D eigenvalue weighted by molar-refractivity contribution is 6.35. The number of fused-ring (bicyclic) bond motifs is 6. The number of allylic oxidation sites excluding steroid dienone is 2. The Morgan fingerprint density at radius 1 is 0.568 bits per heavy atom. The molecule has 7 rings (SSSR count). The van der Waals surface area contributed by atoms with Crippen molar-refractivity contribution in [2.24, 2.45) is 22.7 Å². The van der Waals surface area contributed by atoms with Crippen LogP contribution in [0.4, 0.5) is 5.69 Å². The first kappa shape index (κ1) is 21.9. The standard InChI is InChI=1S/C33H25NO3/c1-32-25(21-13-5-3-6-14-21)26(22-15-7-4-8-16-22)33(2,31(32)37)28-27(32)29(35)34(30(28)36)24-19-11-17-20-12-9-10-18-23(20)24/h3-19,27-28H,1-2H3/t27-,28+,32-,33-/m0/s1. The van der Waals surface area contributed by atoms with Gasteiger partial charge in [-0.1, -0.05) is 97.1 Å². The van der Waals surface area contributed by atoms with E-state index in [0.29, 0.717) is 5.69 Å². The fraction of sp³-hybridized carbons (Fsp3) is 0.182. The van der Waals surface area contributed by atoms with Gasteiger partial charge in [-0.2, -0.15) is 0 Å². The van der Waals surface area contributed by atoms with Gasteiger partial charge in [-0.05, 0) is 47.6 Å². The quantitative estimate of drug-likeness (QED) is 0.328. The van der Waals surface area contributed by atoms with E-state index in [1.165, 1.54) is 4.90 Å². The molecule has 2 amide bonds. The maximum absolute atomic E-state index is 14.4. The first-order valence-corrected chi connectivity index (χ1v) is 12.7. The van der Waals surface area contributed by atoms with Crippen LogP contribution in [0.3, 0.4) is 0 Å². The van der Waals surface area contributed by atoms with E-state index in [4.69, 9.17) is 0 Å². The van der Waals surface area contributed by atoms with Crippen molar-refractivity contribution in [1.82, 2.24) is 0 Å². The fourth-order valence-corrected chi connectivity index (χ4v) is 7.45. The normalized spacial score (nSPS) is 28.5. The average molecular weight is 484 g/mol. The van der Waals surface area contributed by atoms with Gasteiger partial charge in [0, 0.05) is 5.39 Å². The van der Waals surface area contributed by atoms with Crippen LogP contribution in [-0.2, 0) is 14.4 Å². The molecule has 1 saturated heterocycles. The maximum atomic E-state index is 14.4. The average Bonchev–Trinajstić information content (AvgIpc) is 3.38. The molecule has 1 saturated carbocycles. The SMILES string of the molecule is C[C@]12C(=O)[C@@](C)(C(c3ccccc3)=C1c1ccccc1)[C@H]1C(=O)N(c3cccc4ccccc34)C(=O)[C@H]12. The number of nitrogens with zero attached hydrogens (tertiary/aromatic N) is 1. The van der Waals surface area contributed by atoms with E-state index in [9.17, 15) is 14.4 Å². The molecule has 1 aliphatic heterocycles. The highest BCUT2D eigenvalue weighted by Gasteiger charge is 2.78. The molecule has 2 fully saturated rings. The summed E-state index contributed by atoms with van der Waals surface area (Å²) in [6, 6.07) is 33.1. The monoisotopic (exact) mass is 483 g/mol. The number of Topliss-reactive ketones (excluding diaryl/α,β-unsaturated/α-hetero) is 1. The molecule has 4 heteroatoms. The predicted octanol–water partition coefficient (Wildman–Crippen LogP) is 6.17. The largest absolute Gasteiger partial charge is 0.298 e. The number of amides is 2. The molecule has 0 radical (unpaired) electrons. The van der Waals surface area contributed by atoms with E-state index >= 15 is 0 Å². The lowest BCUT2D eigenvalue weighted by Crippen LogP contribution is -2.40. The molecule has 2 aliphatic carbocycles. The van der Waals surface area contributed by atoms with Crippen molar-refractivity contribution in [2.75, 3.05) is 4.90 Å². The molecule has 0 unspecified atom stereocenters. The van der Waals surface area contributed by atoms with Gasteiger partial charge in [-0.15, -0.1) is 0 Å². The Morgan fingerprint density at radius 3 is 1.57 bits per heavy atom. The minimum Gasteiger partial charge on any atom is -0.298 e. The second-order valence-corrected chi connectivity index (χ2v) is 10.7. The summed E-state index contributed by atoms with van der Waals surface area (Å²) in [6.45, 7) is 3.77. The van der Waals surface area contributed by atoms with E-state index in [1.54, 1.807) is 0 Å². The Hall–Kier alpha value is -4.31. The number of benzene rings is 4. The van der Waals surface area contributed by atoms with Crippen molar-refractivity contribution >= 4 is 45.2 Å². The number of rotatable bonds is 3. The minimum absolute atomic E-state index is 0.0352. The van der Waals surface area contributed by atoms with Crippen molar-refractivity contribution in [3.05, 3.63) is 114 Å². The lowest BCUT2D eigenvalue weighted by Gasteiger charge is -2.35. The first-order valence-electron chi connectivity index (χ1n) is 12.7. The molecular weight excluding hydrogens is 458 g/mol. The molecule has 2 bridgehead atoms. The number of carbonyl (C=O) groups excluding carboxylic acids is 3. The van der Waals surface area contributed by atoms with Gasteiger partial charge in [0.1, 0.15) is 0 Å². The van der Waals surface area contributed by atoms with Crippen LogP contribution >= 0.6 is 0 Å². The van der Waals surface area contributed by atoms with Gasteiger partial charge >= 0.3 is 0 Å². The van der Waals surface area contributed by atoms with Crippen LogP contribution in [0.15, 0.2) is 103 Å². The fourth-order valence-electron chi connectivity index (χ4n) is 7.45. The third-order valence-electron chi connectivity index (χ3n) is 8.91. The highest BCUT2D eigenvalue weighted by Crippen LogP contribution is 2.73. The molecule has 4 aromatic carbocycles. The number of hydrogen-bond donors (Lipinski definition) is 0. The second-order valence-electron chi connectivity index (χ2n) is 10.7. The number of ketones is 1. The predicted molar refractivity (Wildman–Crippen MR) is 144 cm³/mol. The molecule has 0 N–H and O–H groups in total. The summed E-state index contributed by atoms with van der Waals surface area (Å²) in [5.74, 6) is -2.11. The molecule has 0 aromatic heterocycles. The summed E-state index contributed by atoms with van der Waals surface area (Å²) in [7, 11) is 0. The van der Waals surface area contributed by atoms with Gasteiger partial charge in [0.2, 0.25) is 11.8 Å². The van der Waals surface area contributed by atoms with E-state index in [0.717, 1.165) is 33.0 Å². The van der Waals surface area contributed by atoms with Gasteiger partial charge in [-0.3, -0.25) is 14.4 Å². The zero-order valence-corrected chi connectivity index (χ0v) is 20.6. The molecule has 4 nitrogen and oxygen atoms in total. The van der Waals surface area contributed by atoms with E-state index in [-0.39, 0.29) is 17.6 Å². The molecule has 4 atom stereocenters. The summed E-state index contributed by atoms with van der Waals surface area (Å²) < 4.78 is 0. The molecule has 180 valence electrons. The third-order valence-corrected chi connectivity index (χ3v) is 8.91. The molecular formula is C33H25NO3. The van der Waals surface area contributed by atoms with Crippen LogP contribution in [0.2, 0.25) is 0 Å². The van der Waals surface area contributed by atoms with Gasteiger partial charge in [0.25, 0.3) is 0 Å². The summed E-state index contributed by atoms with van der Waals surface area (Å²) in [5.41, 5.74) is 1.94. The number of carbonyl (C=O) groups is 3. The third kappa shape index (κ3) is 2.55. The molecule has 0 spiro atoms. The Bertz CT molecular complexity index is 1580. The summed E-state index contributed by atoms with van der Waals surface area (Å²) >= 11 is 0. The van der Waals surface area contributed by atoms with Crippen molar-refractivity contribution < 1.29 is 14.4 Å². The van der Waals surface area contributed by atoms with Gasteiger partial charge < -0.3 is 0 Å². The van der Waals surface area contributed by atoms with Crippen molar-refractivity contribution in [1.29, 1.82) is 0 Å². The van der Waals surface area contributed by atoms with Crippen LogP contribution in [0.1, 0.15) is 25.0 Å². The Labute approximate surface area is 215 Å². The Morgan fingerprint density at radius 2 is 1.03 bits per heavy atom. The first-order chi connectivity index (χ1) is 17.9. The minimum atomic E-state index is -1.11. The summed E-state index contributed by atoms with van der Waals surface area (Å²) in [5, 5.41) is 1.81. The zero-order chi connectivity index (χ0) is 25.5. The maximum Gasteiger partial charge on any atom is 0.239 e. The van der Waals surface area contributed by atoms with Crippen LogP contribution in [0, 0.1) is 22.7 Å². The summed E-state index contributed by atoms with van der Waals surface area (Å²) in [4.78, 5) is 44.3. The van der Waals surface area contributed by atoms with Crippen molar-refractivity contribution in [2.45, 2.75) is 13.8 Å². The van der Waals surface area contributed by atoms with Gasteiger partial charge in [-0.25, -0.2) is 4.90 Å². The lowest BCUT2D eigenvalue weighted by molar-refractivity contribution is -0.133. The smallest absolute Gasteiger partial charge is 0.239 e. The highest BCUT2D eigenvalue weighted by atomic mass is 16.2. The summed E-state index contributed by atoms with van der Waals surface area (Å²) in [6.07, 6.45) is 0. The van der Waals surface area contributed by atoms with E-state index in [1.807, 2.05) is 117 Å². The Kier molecular flexibility index (Phi) is 4.36. The topological polar surface area (TPSA) is 54.5 Å². The molecule has 4 aromatic rings. The van der Waals surface area contributed by atoms with Crippen LogP contribution in [-0.4, -0.2) is 17.6 Å². The molecule has 37 heavy (non-hydrogen) atoms. The molecule has 1 heterocycles. The van der Waals surface area contributed by atoms with Crippen LogP contribution in [0.5, 0.6) is 0 Å². The van der Waals surface area contributed by atoms with Crippen molar-refractivity contribution in [3.63, 3.8) is 0 Å². The Balaban J connectivity index is 1.49.